The van der Waals surface area contributed by atoms with Crippen LogP contribution in [0.15, 0.2) is 48.8 Å². The first-order chi connectivity index (χ1) is 17.4. The van der Waals surface area contributed by atoms with Crippen molar-refractivity contribution in [2.75, 3.05) is 37.9 Å². The van der Waals surface area contributed by atoms with Crippen molar-refractivity contribution in [2.24, 2.45) is 0 Å². The highest BCUT2D eigenvalue weighted by Gasteiger charge is 2.14. The molecule has 4 rings (SSSR count). The minimum atomic E-state index is -0.289. The van der Waals surface area contributed by atoms with E-state index in [2.05, 4.69) is 43.5 Å². The van der Waals surface area contributed by atoms with Gasteiger partial charge < -0.3 is 30.0 Å². The van der Waals surface area contributed by atoms with E-state index in [-0.39, 0.29) is 6.03 Å². The normalized spacial score (nSPS) is 10.8. The number of benzene rings is 2. The molecule has 10 heteroatoms. The summed E-state index contributed by atoms with van der Waals surface area (Å²) in [6.45, 7) is 5.76. The number of hydrogen-bond acceptors (Lipinski definition) is 6. The summed E-state index contributed by atoms with van der Waals surface area (Å²) in [7, 11) is 3.22. The molecular formula is C26H29ClN6O3. The van der Waals surface area contributed by atoms with Crippen molar-refractivity contribution in [3.63, 3.8) is 0 Å². The Labute approximate surface area is 214 Å². The molecule has 2 aromatic heterocycles. The largest absolute Gasteiger partial charge is 0.496 e. The molecule has 0 aliphatic heterocycles. The lowest BCUT2D eigenvalue weighted by atomic mass is 10.1. The van der Waals surface area contributed by atoms with Gasteiger partial charge in [0.05, 0.1) is 36.1 Å². The topological polar surface area (TPSA) is 102 Å². The minimum Gasteiger partial charge on any atom is -0.496 e. The van der Waals surface area contributed by atoms with Gasteiger partial charge >= 0.3 is 6.03 Å². The molecule has 4 aromatic rings. The van der Waals surface area contributed by atoms with Gasteiger partial charge in [0, 0.05) is 42.3 Å². The Kier molecular flexibility index (Phi) is 7.80. The van der Waals surface area contributed by atoms with Crippen molar-refractivity contribution in [1.82, 2.24) is 19.9 Å². The summed E-state index contributed by atoms with van der Waals surface area (Å²) in [6, 6.07) is 12.9. The van der Waals surface area contributed by atoms with Gasteiger partial charge in [-0.05, 0) is 44.2 Å². The zero-order valence-corrected chi connectivity index (χ0v) is 21.4. The predicted molar refractivity (Wildman–Crippen MR) is 143 cm³/mol. The first-order valence-electron chi connectivity index (χ1n) is 11.6. The van der Waals surface area contributed by atoms with E-state index in [4.69, 9.17) is 21.1 Å². The lowest BCUT2D eigenvalue weighted by Gasteiger charge is -2.13. The quantitative estimate of drug-likeness (QED) is 0.282. The summed E-state index contributed by atoms with van der Waals surface area (Å²) < 4.78 is 13.1. The van der Waals surface area contributed by atoms with Crippen LogP contribution in [0.25, 0.3) is 22.2 Å². The highest BCUT2D eigenvalue weighted by Crippen LogP contribution is 2.34. The second-order valence-corrected chi connectivity index (χ2v) is 8.47. The number of aryl methyl sites for hydroxylation is 1. The van der Waals surface area contributed by atoms with Crippen LogP contribution in [-0.4, -0.2) is 47.9 Å². The highest BCUT2D eigenvalue weighted by atomic mass is 35.5. The van der Waals surface area contributed by atoms with Crippen LogP contribution >= 0.6 is 11.6 Å². The number of hydrogen-bond donors (Lipinski definition) is 3. The van der Waals surface area contributed by atoms with Gasteiger partial charge in [0.1, 0.15) is 23.6 Å². The number of nitrogens with one attached hydrogen (secondary N) is 3. The number of amides is 2. The second-order valence-electron chi connectivity index (χ2n) is 8.06. The van der Waals surface area contributed by atoms with Gasteiger partial charge in [-0.2, -0.15) is 0 Å². The average Bonchev–Trinajstić information content (AvgIpc) is 3.21. The Morgan fingerprint density at radius 1 is 1.06 bits per heavy atom. The molecule has 3 N–H and O–H groups in total. The van der Waals surface area contributed by atoms with E-state index in [0.717, 1.165) is 33.6 Å². The number of nitrogens with zero attached hydrogens (tertiary/aromatic N) is 3. The molecule has 0 saturated heterocycles. The highest BCUT2D eigenvalue weighted by molar-refractivity contribution is 6.35. The van der Waals surface area contributed by atoms with Crippen LogP contribution in [0.5, 0.6) is 11.5 Å². The van der Waals surface area contributed by atoms with Crippen molar-refractivity contribution >= 4 is 40.0 Å². The van der Waals surface area contributed by atoms with Gasteiger partial charge in [0.15, 0.2) is 0 Å². The maximum atomic E-state index is 11.9. The van der Waals surface area contributed by atoms with E-state index in [9.17, 15) is 4.79 Å². The molecule has 2 amide bonds. The summed E-state index contributed by atoms with van der Waals surface area (Å²) in [5.74, 6) is 2.03. The van der Waals surface area contributed by atoms with Crippen molar-refractivity contribution < 1.29 is 14.3 Å². The second kappa shape index (κ2) is 11.2. The fourth-order valence-electron chi connectivity index (χ4n) is 4.09. The summed E-state index contributed by atoms with van der Waals surface area (Å²) in [5, 5.41) is 10.5. The lowest BCUT2D eigenvalue weighted by Crippen LogP contribution is -2.28. The SMILES string of the molecule is CCNC(=O)Nc1ccc(-c2cc(NCCn3c(C)cc4c(OC)ccc(Cl)c43)ncn2)cc1OC. The van der Waals surface area contributed by atoms with Crippen LogP contribution in [0.2, 0.25) is 5.02 Å². The maximum absolute atomic E-state index is 11.9. The first-order valence-corrected chi connectivity index (χ1v) is 11.9. The number of aromatic nitrogens is 3. The molecule has 188 valence electrons. The summed E-state index contributed by atoms with van der Waals surface area (Å²) in [4.78, 5) is 20.7. The summed E-state index contributed by atoms with van der Waals surface area (Å²) in [6.07, 6.45) is 1.52. The molecule has 2 aromatic carbocycles. The number of urea groups is 1. The number of carbonyl (C=O) groups excluding carboxylic acids is 1. The van der Waals surface area contributed by atoms with Crippen molar-refractivity contribution in [3.8, 4) is 22.8 Å². The smallest absolute Gasteiger partial charge is 0.319 e. The molecule has 0 spiro atoms. The predicted octanol–water partition coefficient (Wildman–Crippen LogP) is 5.33. The molecule has 2 heterocycles. The molecule has 0 radical (unpaired) electrons. The first kappa shape index (κ1) is 25.1. The number of anilines is 2. The average molecular weight is 509 g/mol. The summed E-state index contributed by atoms with van der Waals surface area (Å²) >= 11 is 6.51. The van der Waals surface area contributed by atoms with Crippen LogP contribution in [0.4, 0.5) is 16.3 Å². The minimum absolute atomic E-state index is 0.289. The molecule has 0 unspecified atom stereocenters. The number of rotatable bonds is 9. The third-order valence-electron chi connectivity index (χ3n) is 5.79. The fourth-order valence-corrected chi connectivity index (χ4v) is 4.36. The molecule has 0 atom stereocenters. The van der Waals surface area contributed by atoms with E-state index in [1.807, 2.05) is 37.3 Å². The van der Waals surface area contributed by atoms with Gasteiger partial charge in [-0.15, -0.1) is 0 Å². The number of fused-ring (bicyclic) bond motifs is 1. The van der Waals surface area contributed by atoms with E-state index < -0.39 is 0 Å². The number of ether oxygens (including phenoxy) is 2. The Balaban J connectivity index is 1.49. The number of halogens is 1. The molecule has 0 fully saturated rings. The standard InChI is InChI=1S/C26H29ClN6O3/c1-5-28-26(34)32-20-8-6-17(13-23(20)36-4)21-14-24(31-15-30-21)29-10-11-33-16(2)12-18-22(35-3)9-7-19(27)25(18)33/h6-9,12-15H,5,10-11H2,1-4H3,(H2,28,32,34)(H,29,30,31). The molecule has 0 bridgehead atoms. The van der Waals surface area contributed by atoms with Gasteiger partial charge in [-0.25, -0.2) is 14.8 Å². The summed E-state index contributed by atoms with van der Waals surface area (Å²) in [5.41, 5.74) is 4.18. The molecule has 9 nitrogen and oxygen atoms in total. The molecular weight excluding hydrogens is 480 g/mol. The third kappa shape index (κ3) is 5.31. The van der Waals surface area contributed by atoms with Crippen LogP contribution in [0.1, 0.15) is 12.6 Å². The van der Waals surface area contributed by atoms with Gasteiger partial charge in [0.2, 0.25) is 0 Å². The number of methoxy groups -OCH3 is 2. The van der Waals surface area contributed by atoms with Gasteiger partial charge in [-0.1, -0.05) is 17.7 Å². The van der Waals surface area contributed by atoms with Gasteiger partial charge in [-0.3, -0.25) is 0 Å². The fraction of sp³-hybridized carbons (Fsp3) is 0.269. The zero-order chi connectivity index (χ0) is 25.7. The van der Waals surface area contributed by atoms with E-state index in [1.165, 1.54) is 6.33 Å². The molecule has 36 heavy (non-hydrogen) atoms. The molecule has 0 saturated carbocycles. The van der Waals surface area contributed by atoms with E-state index in [0.29, 0.717) is 41.9 Å². The van der Waals surface area contributed by atoms with Crippen molar-refractivity contribution in [3.05, 3.63) is 59.5 Å². The van der Waals surface area contributed by atoms with Crippen LogP contribution in [0.3, 0.4) is 0 Å². The van der Waals surface area contributed by atoms with Crippen LogP contribution < -0.4 is 25.4 Å². The van der Waals surface area contributed by atoms with Gasteiger partial charge in [0.25, 0.3) is 0 Å². The number of carbonyl (C=O) groups is 1. The van der Waals surface area contributed by atoms with Crippen molar-refractivity contribution in [2.45, 2.75) is 20.4 Å². The van der Waals surface area contributed by atoms with E-state index >= 15 is 0 Å². The monoisotopic (exact) mass is 508 g/mol. The molecule has 0 aliphatic rings. The zero-order valence-electron chi connectivity index (χ0n) is 20.7. The Bertz CT molecular complexity index is 1390. The van der Waals surface area contributed by atoms with Crippen LogP contribution in [0, 0.1) is 6.92 Å². The van der Waals surface area contributed by atoms with Crippen LogP contribution in [-0.2, 0) is 6.54 Å². The Hall–Kier alpha value is -3.98. The third-order valence-corrected chi connectivity index (χ3v) is 6.09. The Morgan fingerprint density at radius 3 is 2.61 bits per heavy atom. The maximum Gasteiger partial charge on any atom is 0.319 e. The lowest BCUT2D eigenvalue weighted by molar-refractivity contribution is 0.252. The molecule has 0 aliphatic carbocycles. The van der Waals surface area contributed by atoms with Crippen molar-refractivity contribution in [1.29, 1.82) is 0 Å². The Morgan fingerprint density at radius 2 is 1.86 bits per heavy atom. The van der Waals surface area contributed by atoms with E-state index in [1.54, 1.807) is 20.3 Å².